The van der Waals surface area contributed by atoms with Crippen molar-refractivity contribution in [2.24, 2.45) is 11.7 Å². The highest BCUT2D eigenvalue weighted by atomic mass is 16.8. The average molecular weight is 271 g/mol. The number of nitrogens with two attached hydrogens (primary N) is 1. The maximum atomic E-state index is 10.9. The Hall–Kier alpha value is -0.650. The molecule has 1 saturated heterocycles. The standard InChI is InChI=1S/C14H25NO4/c1-4-5-6-14(3)18-12-10(8-17-9(2)16)7-11(15)13(12)19-14/h10-13H,4-8,15H2,1-3H3. The molecule has 0 spiro atoms. The topological polar surface area (TPSA) is 70.8 Å². The lowest BCUT2D eigenvalue weighted by molar-refractivity contribution is -0.179. The SMILES string of the molecule is CCCCC1(C)OC2C(N)CC(COC(C)=O)C2O1. The van der Waals surface area contributed by atoms with Crippen LogP contribution in [0.1, 0.15) is 46.5 Å². The number of esters is 1. The Bertz CT molecular complexity index is 335. The van der Waals surface area contributed by atoms with Gasteiger partial charge in [-0.1, -0.05) is 13.3 Å². The number of rotatable bonds is 5. The van der Waals surface area contributed by atoms with Crippen LogP contribution >= 0.6 is 0 Å². The van der Waals surface area contributed by atoms with E-state index in [0.29, 0.717) is 6.61 Å². The Kier molecular flexibility index (Phi) is 4.48. The minimum atomic E-state index is -0.530. The molecule has 5 unspecified atom stereocenters. The predicted octanol–water partition coefficient (Wildman–Crippen LogP) is 1.59. The van der Waals surface area contributed by atoms with E-state index in [-0.39, 0.29) is 30.1 Å². The molecule has 2 aliphatic rings. The fraction of sp³-hybridized carbons (Fsp3) is 0.929. The molecule has 0 aromatic heterocycles. The summed E-state index contributed by atoms with van der Waals surface area (Å²) in [6.45, 7) is 5.92. The number of carbonyl (C=O) groups excluding carboxylic acids is 1. The monoisotopic (exact) mass is 271 g/mol. The van der Waals surface area contributed by atoms with Gasteiger partial charge in [0.15, 0.2) is 5.79 Å². The molecule has 2 N–H and O–H groups in total. The lowest BCUT2D eigenvalue weighted by Gasteiger charge is -2.26. The quantitative estimate of drug-likeness (QED) is 0.769. The molecule has 0 bridgehead atoms. The summed E-state index contributed by atoms with van der Waals surface area (Å²) >= 11 is 0. The third kappa shape index (κ3) is 3.27. The molecule has 1 saturated carbocycles. The Morgan fingerprint density at radius 3 is 2.74 bits per heavy atom. The molecular weight excluding hydrogens is 246 g/mol. The maximum absolute atomic E-state index is 10.9. The molecule has 1 heterocycles. The van der Waals surface area contributed by atoms with Gasteiger partial charge in [0.1, 0.15) is 6.10 Å². The van der Waals surface area contributed by atoms with Gasteiger partial charge in [0, 0.05) is 25.3 Å². The van der Waals surface area contributed by atoms with Crippen molar-refractivity contribution < 1.29 is 19.0 Å². The van der Waals surface area contributed by atoms with Gasteiger partial charge in [-0.3, -0.25) is 4.79 Å². The summed E-state index contributed by atoms with van der Waals surface area (Å²) in [4.78, 5) is 10.9. The van der Waals surface area contributed by atoms with E-state index in [2.05, 4.69) is 6.92 Å². The molecule has 0 radical (unpaired) electrons. The fourth-order valence-electron chi connectivity index (χ4n) is 3.05. The average Bonchev–Trinajstić information content (AvgIpc) is 2.82. The van der Waals surface area contributed by atoms with Crippen molar-refractivity contribution in [3.63, 3.8) is 0 Å². The largest absolute Gasteiger partial charge is 0.465 e. The van der Waals surface area contributed by atoms with E-state index in [1.54, 1.807) is 0 Å². The number of fused-ring (bicyclic) bond motifs is 1. The van der Waals surface area contributed by atoms with Crippen LogP contribution in [0, 0.1) is 5.92 Å². The second-order valence-electron chi connectivity index (χ2n) is 5.86. The van der Waals surface area contributed by atoms with Crippen LogP contribution in [0.5, 0.6) is 0 Å². The van der Waals surface area contributed by atoms with E-state index in [1.807, 2.05) is 6.92 Å². The van der Waals surface area contributed by atoms with E-state index >= 15 is 0 Å². The molecule has 2 rings (SSSR count). The number of unbranched alkanes of at least 4 members (excludes halogenated alkanes) is 1. The first kappa shape index (κ1) is 14.8. The third-order valence-electron chi connectivity index (χ3n) is 4.04. The number of hydrogen-bond donors (Lipinski definition) is 1. The van der Waals surface area contributed by atoms with Crippen LogP contribution in [-0.2, 0) is 19.0 Å². The zero-order valence-corrected chi connectivity index (χ0v) is 12.1. The molecule has 19 heavy (non-hydrogen) atoms. The molecule has 0 aromatic carbocycles. The fourth-order valence-corrected chi connectivity index (χ4v) is 3.05. The van der Waals surface area contributed by atoms with Crippen molar-refractivity contribution in [3.05, 3.63) is 0 Å². The van der Waals surface area contributed by atoms with E-state index in [0.717, 1.165) is 25.7 Å². The van der Waals surface area contributed by atoms with Gasteiger partial charge in [0.05, 0.1) is 12.7 Å². The van der Waals surface area contributed by atoms with Crippen LogP contribution in [0.25, 0.3) is 0 Å². The smallest absolute Gasteiger partial charge is 0.302 e. The van der Waals surface area contributed by atoms with Gasteiger partial charge in [-0.25, -0.2) is 0 Å². The highest BCUT2D eigenvalue weighted by Gasteiger charge is 2.54. The highest BCUT2D eigenvalue weighted by Crippen LogP contribution is 2.43. The Labute approximate surface area is 114 Å². The molecule has 5 atom stereocenters. The first-order valence-corrected chi connectivity index (χ1v) is 7.20. The Balaban J connectivity index is 1.96. The van der Waals surface area contributed by atoms with Gasteiger partial charge < -0.3 is 19.9 Å². The first-order valence-electron chi connectivity index (χ1n) is 7.20. The summed E-state index contributed by atoms with van der Waals surface area (Å²) in [5.74, 6) is -0.644. The van der Waals surface area contributed by atoms with E-state index < -0.39 is 5.79 Å². The first-order chi connectivity index (χ1) is 8.95. The van der Waals surface area contributed by atoms with E-state index in [4.69, 9.17) is 19.9 Å². The van der Waals surface area contributed by atoms with Crippen molar-refractivity contribution in [2.75, 3.05) is 6.61 Å². The van der Waals surface area contributed by atoms with Crippen molar-refractivity contribution >= 4 is 5.97 Å². The number of carbonyl (C=O) groups is 1. The van der Waals surface area contributed by atoms with Gasteiger partial charge in [-0.2, -0.15) is 0 Å². The normalized spacial score (nSPS) is 41.3. The molecule has 5 nitrogen and oxygen atoms in total. The van der Waals surface area contributed by atoms with Crippen molar-refractivity contribution in [1.82, 2.24) is 0 Å². The predicted molar refractivity (Wildman–Crippen MR) is 70.4 cm³/mol. The van der Waals surface area contributed by atoms with Crippen LogP contribution in [0.2, 0.25) is 0 Å². The van der Waals surface area contributed by atoms with Gasteiger partial charge in [0.2, 0.25) is 0 Å². The minimum absolute atomic E-state index is 0.0333. The van der Waals surface area contributed by atoms with Gasteiger partial charge in [-0.15, -0.1) is 0 Å². The third-order valence-corrected chi connectivity index (χ3v) is 4.04. The summed E-state index contributed by atoms with van der Waals surface area (Å²) in [6.07, 6.45) is 3.73. The zero-order chi connectivity index (χ0) is 14.0. The van der Waals surface area contributed by atoms with Crippen molar-refractivity contribution in [3.8, 4) is 0 Å². The second kappa shape index (κ2) is 5.77. The lowest BCUT2D eigenvalue weighted by Crippen LogP contribution is -2.35. The zero-order valence-electron chi connectivity index (χ0n) is 12.1. The van der Waals surface area contributed by atoms with Crippen LogP contribution in [0.3, 0.4) is 0 Å². The molecule has 1 aliphatic heterocycles. The van der Waals surface area contributed by atoms with Gasteiger partial charge in [0.25, 0.3) is 0 Å². The van der Waals surface area contributed by atoms with Crippen LogP contribution in [0.15, 0.2) is 0 Å². The number of hydrogen-bond acceptors (Lipinski definition) is 5. The lowest BCUT2D eigenvalue weighted by atomic mass is 10.1. The highest BCUT2D eigenvalue weighted by molar-refractivity contribution is 5.65. The van der Waals surface area contributed by atoms with E-state index in [9.17, 15) is 4.79 Å². The Morgan fingerprint density at radius 2 is 2.11 bits per heavy atom. The van der Waals surface area contributed by atoms with E-state index in [1.165, 1.54) is 6.92 Å². The van der Waals surface area contributed by atoms with Crippen LogP contribution in [0.4, 0.5) is 0 Å². The second-order valence-corrected chi connectivity index (χ2v) is 5.86. The maximum Gasteiger partial charge on any atom is 0.302 e. The summed E-state index contributed by atoms with van der Waals surface area (Å²) < 4.78 is 17.2. The molecule has 0 aromatic rings. The van der Waals surface area contributed by atoms with Gasteiger partial charge in [-0.05, 0) is 19.8 Å². The van der Waals surface area contributed by atoms with Crippen molar-refractivity contribution in [2.45, 2.75) is 70.5 Å². The van der Waals surface area contributed by atoms with Gasteiger partial charge >= 0.3 is 5.97 Å². The molecule has 2 fully saturated rings. The summed E-state index contributed by atoms with van der Waals surface area (Å²) in [5.41, 5.74) is 6.12. The summed E-state index contributed by atoms with van der Waals surface area (Å²) in [6, 6.07) is -0.0333. The molecular formula is C14H25NO4. The van der Waals surface area contributed by atoms with Crippen LogP contribution < -0.4 is 5.73 Å². The minimum Gasteiger partial charge on any atom is -0.465 e. The molecule has 5 heteroatoms. The van der Waals surface area contributed by atoms with Crippen molar-refractivity contribution in [1.29, 1.82) is 0 Å². The summed E-state index contributed by atoms with van der Waals surface area (Å²) in [5, 5.41) is 0. The summed E-state index contributed by atoms with van der Waals surface area (Å²) in [7, 11) is 0. The molecule has 1 aliphatic carbocycles. The molecule has 110 valence electrons. The number of ether oxygens (including phenoxy) is 3. The van der Waals surface area contributed by atoms with Crippen LogP contribution in [-0.4, -0.2) is 36.6 Å². The molecule has 0 amide bonds. The Morgan fingerprint density at radius 1 is 1.42 bits per heavy atom.